The van der Waals surface area contributed by atoms with Crippen molar-refractivity contribution in [2.75, 3.05) is 33.8 Å². The fraction of sp³-hybridized carbons (Fsp3) is 1.00. The third-order valence-corrected chi connectivity index (χ3v) is 4.39. The highest BCUT2D eigenvalue weighted by atomic mass is 28.3. The standard InChI is InChI=1S/C10H26N2OSi/c1-5-7-12(8-6-2)9-10-14(11-3)13-4/h11,14H,5-10H2,1-4H3. The Morgan fingerprint density at radius 3 is 2.07 bits per heavy atom. The molecule has 0 heterocycles. The number of rotatable bonds is 9. The first-order valence-corrected chi connectivity index (χ1v) is 7.57. The molecule has 86 valence electrons. The third kappa shape index (κ3) is 6.54. The first kappa shape index (κ1) is 14.1. The van der Waals surface area contributed by atoms with E-state index >= 15 is 0 Å². The van der Waals surface area contributed by atoms with Crippen LogP contribution in [0.15, 0.2) is 0 Å². The molecule has 0 radical (unpaired) electrons. The molecule has 0 saturated heterocycles. The molecule has 0 aromatic rings. The first-order valence-electron chi connectivity index (χ1n) is 5.70. The fourth-order valence-corrected chi connectivity index (χ4v) is 3.01. The van der Waals surface area contributed by atoms with Crippen LogP contribution in [0.1, 0.15) is 26.7 Å². The van der Waals surface area contributed by atoms with E-state index in [0.717, 1.165) is 0 Å². The summed E-state index contributed by atoms with van der Waals surface area (Å²) >= 11 is 0. The summed E-state index contributed by atoms with van der Waals surface area (Å²) in [4.78, 5) is 5.82. The first-order chi connectivity index (χ1) is 6.78. The van der Waals surface area contributed by atoms with Gasteiger partial charge in [0, 0.05) is 7.11 Å². The van der Waals surface area contributed by atoms with Gasteiger partial charge in [0.2, 0.25) is 0 Å². The number of hydrogen-bond acceptors (Lipinski definition) is 3. The van der Waals surface area contributed by atoms with Crippen LogP contribution >= 0.6 is 0 Å². The van der Waals surface area contributed by atoms with E-state index in [1.807, 2.05) is 14.2 Å². The minimum Gasteiger partial charge on any atom is -0.409 e. The van der Waals surface area contributed by atoms with Crippen LogP contribution in [0.4, 0.5) is 0 Å². The predicted molar refractivity (Wildman–Crippen MR) is 65.0 cm³/mol. The summed E-state index contributed by atoms with van der Waals surface area (Å²) in [6, 6.07) is 1.20. The molecule has 0 aromatic heterocycles. The molecule has 4 heteroatoms. The topological polar surface area (TPSA) is 24.5 Å². The fourth-order valence-electron chi connectivity index (χ4n) is 1.65. The highest BCUT2D eigenvalue weighted by molar-refractivity contribution is 6.48. The van der Waals surface area contributed by atoms with Crippen molar-refractivity contribution in [2.24, 2.45) is 0 Å². The van der Waals surface area contributed by atoms with Crippen LogP contribution in [-0.4, -0.2) is 47.9 Å². The van der Waals surface area contributed by atoms with E-state index in [2.05, 4.69) is 23.7 Å². The molecular weight excluding hydrogens is 192 g/mol. The molecule has 0 fully saturated rings. The predicted octanol–water partition coefficient (Wildman–Crippen LogP) is 1.19. The Bertz CT molecular complexity index is 115. The third-order valence-electron chi connectivity index (χ3n) is 2.39. The molecule has 0 bridgehead atoms. The van der Waals surface area contributed by atoms with Gasteiger partial charge in [0.25, 0.3) is 9.20 Å². The smallest absolute Gasteiger partial charge is 0.252 e. The zero-order valence-corrected chi connectivity index (χ0v) is 11.3. The van der Waals surface area contributed by atoms with E-state index < -0.39 is 9.20 Å². The average molecular weight is 218 g/mol. The van der Waals surface area contributed by atoms with Gasteiger partial charge in [0.1, 0.15) is 0 Å². The van der Waals surface area contributed by atoms with Crippen molar-refractivity contribution < 1.29 is 4.43 Å². The zero-order valence-electron chi connectivity index (χ0n) is 10.2. The normalized spacial score (nSPS) is 13.5. The van der Waals surface area contributed by atoms with Crippen LogP contribution in [0.2, 0.25) is 6.04 Å². The van der Waals surface area contributed by atoms with E-state index in [1.165, 1.54) is 38.5 Å². The van der Waals surface area contributed by atoms with Gasteiger partial charge in [0.05, 0.1) is 0 Å². The highest BCUT2D eigenvalue weighted by Crippen LogP contribution is 1.98. The largest absolute Gasteiger partial charge is 0.409 e. The van der Waals surface area contributed by atoms with Crippen molar-refractivity contribution in [1.29, 1.82) is 0 Å². The molecule has 1 unspecified atom stereocenters. The molecule has 14 heavy (non-hydrogen) atoms. The molecule has 0 saturated carbocycles. The van der Waals surface area contributed by atoms with E-state index in [4.69, 9.17) is 4.43 Å². The molecule has 0 aliphatic rings. The maximum atomic E-state index is 5.41. The van der Waals surface area contributed by atoms with Crippen LogP contribution in [0.25, 0.3) is 0 Å². The van der Waals surface area contributed by atoms with Crippen molar-refractivity contribution in [3.63, 3.8) is 0 Å². The van der Waals surface area contributed by atoms with Crippen molar-refractivity contribution >= 4 is 9.20 Å². The number of hydrogen-bond donors (Lipinski definition) is 1. The van der Waals surface area contributed by atoms with Crippen molar-refractivity contribution in [1.82, 2.24) is 9.88 Å². The Labute approximate surface area is 90.6 Å². The van der Waals surface area contributed by atoms with Crippen molar-refractivity contribution in [3.8, 4) is 0 Å². The monoisotopic (exact) mass is 218 g/mol. The molecule has 1 N–H and O–H groups in total. The SMILES string of the molecule is CCCN(CCC)CC[SiH](NC)OC. The van der Waals surface area contributed by atoms with Crippen LogP contribution in [0.5, 0.6) is 0 Å². The zero-order chi connectivity index (χ0) is 10.8. The van der Waals surface area contributed by atoms with Gasteiger partial charge < -0.3 is 14.3 Å². The van der Waals surface area contributed by atoms with Crippen molar-refractivity contribution in [3.05, 3.63) is 0 Å². The maximum Gasteiger partial charge on any atom is 0.252 e. The van der Waals surface area contributed by atoms with Crippen LogP contribution < -0.4 is 4.98 Å². The minimum absolute atomic E-state index is 1.09. The Kier molecular flexibility index (Phi) is 9.71. The van der Waals surface area contributed by atoms with Crippen molar-refractivity contribution in [2.45, 2.75) is 32.7 Å². The number of nitrogens with zero attached hydrogens (tertiary/aromatic N) is 1. The molecular formula is C10H26N2OSi. The Hall–Kier alpha value is 0.0969. The molecule has 1 atom stereocenters. The summed E-state index contributed by atoms with van der Waals surface area (Å²) in [5.41, 5.74) is 0. The van der Waals surface area contributed by atoms with Crippen LogP contribution in [0.3, 0.4) is 0 Å². The lowest BCUT2D eigenvalue weighted by atomic mass is 10.3. The molecule has 0 spiro atoms. The molecule has 0 aliphatic heterocycles. The van der Waals surface area contributed by atoms with Gasteiger partial charge in [-0.05, 0) is 45.6 Å². The lowest BCUT2D eigenvalue weighted by Gasteiger charge is -2.22. The van der Waals surface area contributed by atoms with E-state index in [0.29, 0.717) is 0 Å². The second-order valence-corrected chi connectivity index (χ2v) is 6.25. The molecule has 3 nitrogen and oxygen atoms in total. The summed E-state index contributed by atoms with van der Waals surface area (Å²) in [6.45, 7) is 8.12. The number of nitrogens with one attached hydrogen (secondary N) is 1. The summed E-state index contributed by atoms with van der Waals surface area (Å²) in [5, 5.41) is 0. The van der Waals surface area contributed by atoms with Gasteiger partial charge in [-0.25, -0.2) is 0 Å². The second kappa shape index (κ2) is 9.64. The lowest BCUT2D eigenvalue weighted by molar-refractivity contribution is 0.282. The Morgan fingerprint density at radius 2 is 1.71 bits per heavy atom. The Morgan fingerprint density at radius 1 is 1.14 bits per heavy atom. The summed E-state index contributed by atoms with van der Waals surface area (Å²) in [6.07, 6.45) is 2.50. The molecule has 0 aliphatic carbocycles. The van der Waals surface area contributed by atoms with E-state index in [9.17, 15) is 0 Å². The average Bonchev–Trinajstić information content (AvgIpc) is 2.20. The lowest BCUT2D eigenvalue weighted by Crippen LogP contribution is -2.37. The molecule has 0 rings (SSSR count). The summed E-state index contributed by atoms with van der Waals surface area (Å²) in [7, 11) is 2.73. The molecule has 0 amide bonds. The minimum atomic E-state index is -1.09. The Balaban J connectivity index is 3.67. The van der Waals surface area contributed by atoms with E-state index in [-0.39, 0.29) is 0 Å². The highest BCUT2D eigenvalue weighted by Gasteiger charge is 2.10. The van der Waals surface area contributed by atoms with Gasteiger partial charge in [-0.2, -0.15) is 0 Å². The van der Waals surface area contributed by atoms with E-state index in [1.54, 1.807) is 0 Å². The van der Waals surface area contributed by atoms with Crippen LogP contribution in [-0.2, 0) is 4.43 Å². The van der Waals surface area contributed by atoms with Gasteiger partial charge in [-0.1, -0.05) is 13.8 Å². The van der Waals surface area contributed by atoms with Gasteiger partial charge in [0.15, 0.2) is 0 Å². The quantitative estimate of drug-likeness (QED) is 0.589. The molecule has 0 aromatic carbocycles. The maximum absolute atomic E-state index is 5.41. The summed E-state index contributed by atoms with van der Waals surface area (Å²) in [5.74, 6) is 0. The van der Waals surface area contributed by atoms with Gasteiger partial charge in [-0.15, -0.1) is 0 Å². The van der Waals surface area contributed by atoms with Crippen LogP contribution in [0, 0.1) is 0 Å². The van der Waals surface area contributed by atoms with Gasteiger partial charge in [-0.3, -0.25) is 0 Å². The summed E-state index contributed by atoms with van der Waals surface area (Å²) < 4.78 is 5.41. The van der Waals surface area contributed by atoms with Gasteiger partial charge >= 0.3 is 0 Å². The second-order valence-electron chi connectivity index (χ2n) is 3.64.